The number of rotatable bonds is 6. The quantitative estimate of drug-likeness (QED) is 0.883. The molecule has 2 aromatic carbocycles. The summed E-state index contributed by atoms with van der Waals surface area (Å²) in [7, 11) is 1.73. The largest absolute Gasteiger partial charge is 0.496 e. The Labute approximate surface area is 145 Å². The van der Waals surface area contributed by atoms with E-state index in [-0.39, 0.29) is 6.04 Å². The molecule has 0 aromatic heterocycles. The highest BCUT2D eigenvalue weighted by Gasteiger charge is 2.19. The van der Waals surface area contributed by atoms with Gasteiger partial charge in [-0.2, -0.15) is 0 Å². The Morgan fingerprint density at radius 1 is 0.958 bits per heavy atom. The van der Waals surface area contributed by atoms with Gasteiger partial charge in [-0.15, -0.1) is 0 Å². The first kappa shape index (κ1) is 17.0. The Bertz CT molecular complexity index is 624. The standard InChI is InChI=1S/C20H27N3O/c1-17(19-10-6-7-11-20(19)24-2)21-23-14-12-22(13-15-23)16-18-8-4-3-5-9-18/h3-11,17,21H,12-16H2,1-2H3. The number of ether oxygens (including phenoxy) is 1. The number of piperazine rings is 1. The number of hydrogen-bond acceptors (Lipinski definition) is 4. The molecule has 2 aromatic rings. The molecule has 1 heterocycles. The topological polar surface area (TPSA) is 27.7 Å². The van der Waals surface area contributed by atoms with Gasteiger partial charge in [0.15, 0.2) is 0 Å². The van der Waals surface area contributed by atoms with Gasteiger partial charge >= 0.3 is 0 Å². The fourth-order valence-electron chi connectivity index (χ4n) is 3.24. The second kappa shape index (κ2) is 8.29. The fourth-order valence-corrected chi connectivity index (χ4v) is 3.24. The number of para-hydroxylation sites is 1. The molecule has 4 heteroatoms. The molecule has 0 radical (unpaired) electrons. The number of nitrogens with zero attached hydrogens (tertiary/aromatic N) is 2. The second-order valence-electron chi connectivity index (χ2n) is 6.34. The zero-order valence-electron chi connectivity index (χ0n) is 14.6. The lowest BCUT2D eigenvalue weighted by atomic mass is 10.1. The van der Waals surface area contributed by atoms with Crippen molar-refractivity contribution in [2.45, 2.75) is 19.5 Å². The molecule has 0 bridgehead atoms. The van der Waals surface area contributed by atoms with E-state index in [1.807, 2.05) is 12.1 Å². The number of hydrazine groups is 1. The van der Waals surface area contributed by atoms with E-state index in [0.717, 1.165) is 38.5 Å². The molecular formula is C20H27N3O. The highest BCUT2D eigenvalue weighted by Crippen LogP contribution is 2.24. The van der Waals surface area contributed by atoms with E-state index in [1.165, 1.54) is 11.1 Å². The molecular weight excluding hydrogens is 298 g/mol. The first-order valence-electron chi connectivity index (χ1n) is 8.66. The summed E-state index contributed by atoms with van der Waals surface area (Å²) in [4.78, 5) is 2.52. The van der Waals surface area contributed by atoms with Crippen molar-refractivity contribution in [3.05, 3.63) is 65.7 Å². The molecule has 0 aliphatic carbocycles. The zero-order valence-corrected chi connectivity index (χ0v) is 14.6. The fraction of sp³-hybridized carbons (Fsp3) is 0.400. The molecule has 0 saturated carbocycles. The van der Waals surface area contributed by atoms with Crippen LogP contribution in [0.2, 0.25) is 0 Å². The van der Waals surface area contributed by atoms with Crippen molar-refractivity contribution in [2.75, 3.05) is 33.3 Å². The third kappa shape index (κ3) is 4.35. The lowest BCUT2D eigenvalue weighted by Crippen LogP contribution is -2.52. The van der Waals surface area contributed by atoms with Crippen molar-refractivity contribution >= 4 is 0 Å². The van der Waals surface area contributed by atoms with Gasteiger partial charge in [-0.05, 0) is 18.6 Å². The maximum absolute atomic E-state index is 5.47. The van der Waals surface area contributed by atoms with Crippen LogP contribution in [0.3, 0.4) is 0 Å². The lowest BCUT2D eigenvalue weighted by molar-refractivity contribution is 0.0729. The van der Waals surface area contributed by atoms with Crippen LogP contribution in [0, 0.1) is 0 Å². The van der Waals surface area contributed by atoms with Crippen molar-refractivity contribution in [3.63, 3.8) is 0 Å². The van der Waals surface area contributed by atoms with Gasteiger partial charge in [0.2, 0.25) is 0 Å². The number of benzene rings is 2. The van der Waals surface area contributed by atoms with E-state index >= 15 is 0 Å². The Balaban J connectivity index is 1.50. The average molecular weight is 325 g/mol. The van der Waals surface area contributed by atoms with Crippen LogP contribution in [-0.4, -0.2) is 43.2 Å². The van der Waals surface area contributed by atoms with Gasteiger partial charge in [-0.25, -0.2) is 10.4 Å². The zero-order chi connectivity index (χ0) is 16.8. The van der Waals surface area contributed by atoms with Crippen molar-refractivity contribution < 1.29 is 4.74 Å². The van der Waals surface area contributed by atoms with Crippen LogP contribution >= 0.6 is 0 Å². The molecule has 0 spiro atoms. The van der Waals surface area contributed by atoms with Crippen LogP contribution in [0.15, 0.2) is 54.6 Å². The number of methoxy groups -OCH3 is 1. The summed E-state index contributed by atoms with van der Waals surface area (Å²) in [6, 6.07) is 19.2. The molecule has 1 fully saturated rings. The molecule has 128 valence electrons. The molecule has 24 heavy (non-hydrogen) atoms. The van der Waals surface area contributed by atoms with Crippen molar-refractivity contribution in [1.82, 2.24) is 15.3 Å². The summed E-state index contributed by atoms with van der Waals surface area (Å²) in [6.45, 7) is 7.46. The highest BCUT2D eigenvalue weighted by atomic mass is 16.5. The summed E-state index contributed by atoms with van der Waals surface area (Å²) in [5.74, 6) is 0.945. The van der Waals surface area contributed by atoms with Crippen LogP contribution in [0.25, 0.3) is 0 Å². The van der Waals surface area contributed by atoms with Gasteiger partial charge < -0.3 is 4.74 Å². The molecule has 1 saturated heterocycles. The normalized spacial score (nSPS) is 17.6. The molecule has 3 rings (SSSR count). The smallest absolute Gasteiger partial charge is 0.123 e. The second-order valence-corrected chi connectivity index (χ2v) is 6.34. The predicted octanol–water partition coefficient (Wildman–Crippen LogP) is 3.08. The third-order valence-corrected chi connectivity index (χ3v) is 4.60. The van der Waals surface area contributed by atoms with Crippen LogP contribution in [0.1, 0.15) is 24.1 Å². The monoisotopic (exact) mass is 325 g/mol. The number of nitrogens with one attached hydrogen (secondary N) is 1. The van der Waals surface area contributed by atoms with Gasteiger partial charge in [0.1, 0.15) is 5.75 Å². The summed E-state index contributed by atoms with van der Waals surface area (Å²) < 4.78 is 5.47. The van der Waals surface area contributed by atoms with Crippen LogP contribution in [0.4, 0.5) is 0 Å². The SMILES string of the molecule is COc1ccccc1C(C)NN1CCN(Cc2ccccc2)CC1. The third-order valence-electron chi connectivity index (χ3n) is 4.60. The van der Waals surface area contributed by atoms with E-state index in [1.54, 1.807) is 7.11 Å². The maximum Gasteiger partial charge on any atom is 0.123 e. The van der Waals surface area contributed by atoms with Crippen molar-refractivity contribution in [2.24, 2.45) is 0 Å². The summed E-state index contributed by atoms with van der Waals surface area (Å²) in [6.07, 6.45) is 0. The van der Waals surface area contributed by atoms with Crippen molar-refractivity contribution in [1.29, 1.82) is 0 Å². The first-order chi connectivity index (χ1) is 11.8. The van der Waals surface area contributed by atoms with Gasteiger partial charge in [0.25, 0.3) is 0 Å². The highest BCUT2D eigenvalue weighted by molar-refractivity contribution is 5.35. The van der Waals surface area contributed by atoms with E-state index in [9.17, 15) is 0 Å². The van der Waals surface area contributed by atoms with Crippen molar-refractivity contribution in [3.8, 4) is 5.75 Å². The van der Waals surface area contributed by atoms with Gasteiger partial charge in [0, 0.05) is 44.3 Å². The Kier molecular flexibility index (Phi) is 5.86. The minimum Gasteiger partial charge on any atom is -0.496 e. The van der Waals surface area contributed by atoms with E-state index in [2.05, 4.69) is 64.7 Å². The Morgan fingerprint density at radius 3 is 2.33 bits per heavy atom. The van der Waals surface area contributed by atoms with E-state index in [0.29, 0.717) is 0 Å². The number of hydrogen-bond donors (Lipinski definition) is 1. The molecule has 1 N–H and O–H groups in total. The minimum atomic E-state index is 0.238. The van der Waals surface area contributed by atoms with Gasteiger partial charge in [-0.1, -0.05) is 48.5 Å². The van der Waals surface area contributed by atoms with Gasteiger partial charge in [-0.3, -0.25) is 4.90 Å². The van der Waals surface area contributed by atoms with E-state index < -0.39 is 0 Å². The summed E-state index contributed by atoms with van der Waals surface area (Å²) >= 11 is 0. The van der Waals surface area contributed by atoms with E-state index in [4.69, 9.17) is 4.74 Å². The molecule has 1 aliphatic rings. The maximum atomic E-state index is 5.47. The van der Waals surface area contributed by atoms with Crippen LogP contribution < -0.4 is 10.2 Å². The van der Waals surface area contributed by atoms with Crippen LogP contribution in [-0.2, 0) is 6.54 Å². The summed E-state index contributed by atoms with van der Waals surface area (Å²) in [5.41, 5.74) is 6.21. The average Bonchev–Trinajstić information content (AvgIpc) is 2.64. The first-order valence-corrected chi connectivity index (χ1v) is 8.66. The summed E-state index contributed by atoms with van der Waals surface area (Å²) in [5, 5.41) is 2.33. The van der Waals surface area contributed by atoms with Crippen LogP contribution in [0.5, 0.6) is 5.75 Å². The predicted molar refractivity (Wildman–Crippen MR) is 97.8 cm³/mol. The Morgan fingerprint density at radius 2 is 1.62 bits per heavy atom. The molecule has 0 amide bonds. The molecule has 4 nitrogen and oxygen atoms in total. The van der Waals surface area contributed by atoms with Gasteiger partial charge in [0.05, 0.1) is 7.11 Å². The minimum absolute atomic E-state index is 0.238. The Hall–Kier alpha value is -1.88. The molecule has 1 unspecified atom stereocenters. The molecule has 1 atom stereocenters. The molecule has 1 aliphatic heterocycles. The lowest BCUT2D eigenvalue weighted by Gasteiger charge is -2.36.